The molecule has 0 fully saturated rings. The van der Waals surface area contributed by atoms with Gasteiger partial charge in [-0.05, 0) is 25.2 Å². The third-order valence-corrected chi connectivity index (χ3v) is 5.55. The number of halogens is 3. The minimum atomic E-state index is -4.53. The third kappa shape index (κ3) is 2.72. The summed E-state index contributed by atoms with van der Waals surface area (Å²) in [6, 6.07) is 3.68. The lowest BCUT2D eigenvalue weighted by molar-refractivity contribution is -0.141. The fourth-order valence-corrected chi connectivity index (χ4v) is 3.73. The van der Waals surface area contributed by atoms with E-state index in [0.717, 1.165) is 22.1 Å². The summed E-state index contributed by atoms with van der Waals surface area (Å²) in [7, 11) is -0.967. The van der Waals surface area contributed by atoms with Crippen molar-refractivity contribution in [2.45, 2.75) is 10.4 Å². The van der Waals surface area contributed by atoms with E-state index in [4.69, 9.17) is 0 Å². The largest absolute Gasteiger partial charge is 0.435 e. The van der Waals surface area contributed by atoms with Crippen LogP contribution in [0.4, 0.5) is 13.2 Å². The molecule has 2 aromatic rings. The van der Waals surface area contributed by atoms with Crippen LogP contribution in [0.25, 0.3) is 10.6 Å². The molecule has 0 aliphatic carbocycles. The summed E-state index contributed by atoms with van der Waals surface area (Å²) in [5.41, 5.74) is -0.804. The molecule has 0 amide bonds. The molecule has 0 saturated heterocycles. The smallest absolute Gasteiger partial charge is 0.267 e. The highest BCUT2D eigenvalue weighted by molar-refractivity contribution is 7.91. The minimum Gasteiger partial charge on any atom is -0.267 e. The van der Waals surface area contributed by atoms with E-state index in [-0.39, 0.29) is 9.90 Å². The number of rotatable bonds is 3. The predicted molar refractivity (Wildman–Crippen MR) is 67.8 cm³/mol. The summed E-state index contributed by atoms with van der Waals surface area (Å²) in [4.78, 5) is 0.393. The Bertz CT molecular complexity index is 731. The molecular formula is C10H10F3N3O2S2. The van der Waals surface area contributed by atoms with Gasteiger partial charge in [0.2, 0.25) is 10.0 Å². The molecule has 0 bridgehead atoms. The number of nitrogens with zero attached hydrogens (tertiary/aromatic N) is 2. The summed E-state index contributed by atoms with van der Waals surface area (Å²) in [6.45, 7) is 0. The zero-order valence-corrected chi connectivity index (χ0v) is 12.0. The fourth-order valence-electron chi connectivity index (χ4n) is 1.54. The average molecular weight is 325 g/mol. The molecule has 2 heterocycles. The van der Waals surface area contributed by atoms with E-state index >= 15 is 0 Å². The number of hydrogen-bond acceptors (Lipinski definition) is 4. The van der Waals surface area contributed by atoms with Crippen molar-refractivity contribution in [1.82, 2.24) is 14.5 Å². The van der Waals surface area contributed by atoms with Gasteiger partial charge in [0.05, 0.1) is 10.6 Å². The number of alkyl halides is 3. The van der Waals surface area contributed by atoms with Gasteiger partial charge >= 0.3 is 6.18 Å². The molecule has 2 aromatic heterocycles. The molecule has 0 radical (unpaired) electrons. The molecule has 0 atom stereocenters. The molecule has 5 nitrogen and oxygen atoms in total. The molecule has 0 unspecified atom stereocenters. The highest BCUT2D eigenvalue weighted by atomic mass is 32.2. The van der Waals surface area contributed by atoms with Crippen LogP contribution in [0.1, 0.15) is 5.69 Å². The molecule has 20 heavy (non-hydrogen) atoms. The molecular weight excluding hydrogens is 315 g/mol. The maximum atomic E-state index is 12.6. The van der Waals surface area contributed by atoms with Crippen molar-refractivity contribution >= 4 is 21.4 Å². The molecule has 0 aromatic carbocycles. The van der Waals surface area contributed by atoms with Gasteiger partial charge in [-0.15, -0.1) is 11.3 Å². The molecule has 1 N–H and O–H groups in total. The lowest BCUT2D eigenvalue weighted by atomic mass is 10.3. The van der Waals surface area contributed by atoms with Crippen LogP contribution in [0.15, 0.2) is 22.4 Å². The summed E-state index contributed by atoms with van der Waals surface area (Å²) < 4.78 is 64.1. The first-order chi connectivity index (χ1) is 9.15. The standard InChI is InChI=1S/C10H10F3N3O2S2/c1-14-20(17,18)9-4-3-7(19-9)6-5-8(10(11,12)13)15-16(6)2/h3-5,14H,1-2H3. The van der Waals surface area contributed by atoms with Gasteiger partial charge in [0.15, 0.2) is 5.69 Å². The van der Waals surface area contributed by atoms with Crippen LogP contribution < -0.4 is 4.72 Å². The van der Waals surface area contributed by atoms with E-state index in [1.165, 1.54) is 26.2 Å². The van der Waals surface area contributed by atoms with Gasteiger partial charge in [-0.25, -0.2) is 13.1 Å². The lowest BCUT2D eigenvalue weighted by Crippen LogP contribution is -2.17. The Labute approximate surface area is 117 Å². The Kier molecular flexibility index (Phi) is 3.65. The van der Waals surface area contributed by atoms with Crippen LogP contribution in [-0.2, 0) is 23.2 Å². The zero-order valence-electron chi connectivity index (χ0n) is 10.4. The summed E-state index contributed by atoms with van der Waals surface area (Å²) in [6.07, 6.45) is -4.53. The van der Waals surface area contributed by atoms with E-state index in [1.807, 2.05) is 0 Å². The number of hydrogen-bond donors (Lipinski definition) is 1. The number of thiophene rings is 1. The van der Waals surface area contributed by atoms with E-state index in [0.29, 0.717) is 4.88 Å². The number of sulfonamides is 1. The van der Waals surface area contributed by atoms with Crippen molar-refractivity contribution in [3.05, 3.63) is 23.9 Å². The SMILES string of the molecule is CNS(=O)(=O)c1ccc(-c2cc(C(F)(F)F)nn2C)s1. The first kappa shape index (κ1) is 15.0. The second-order valence-electron chi connectivity index (χ2n) is 3.86. The van der Waals surface area contributed by atoms with Crippen molar-refractivity contribution in [2.75, 3.05) is 7.05 Å². The van der Waals surface area contributed by atoms with Gasteiger partial charge < -0.3 is 0 Å². The van der Waals surface area contributed by atoms with Crippen molar-refractivity contribution in [3.8, 4) is 10.6 Å². The molecule has 2 rings (SSSR count). The van der Waals surface area contributed by atoms with Crippen LogP contribution in [0, 0.1) is 0 Å². The first-order valence-electron chi connectivity index (χ1n) is 5.30. The van der Waals surface area contributed by atoms with Gasteiger partial charge in [0, 0.05) is 7.05 Å². The maximum Gasteiger partial charge on any atom is 0.435 e. The van der Waals surface area contributed by atoms with Crippen molar-refractivity contribution in [3.63, 3.8) is 0 Å². The number of aromatic nitrogens is 2. The van der Waals surface area contributed by atoms with E-state index in [9.17, 15) is 21.6 Å². The highest BCUT2D eigenvalue weighted by Gasteiger charge is 2.35. The fraction of sp³-hybridized carbons (Fsp3) is 0.300. The van der Waals surface area contributed by atoms with E-state index in [2.05, 4.69) is 9.82 Å². The minimum absolute atomic E-state index is 0.0322. The second-order valence-corrected chi connectivity index (χ2v) is 7.06. The predicted octanol–water partition coefficient (Wildman–Crippen LogP) is 2.08. The average Bonchev–Trinajstić information content (AvgIpc) is 2.94. The Morgan fingerprint density at radius 3 is 2.50 bits per heavy atom. The Morgan fingerprint density at radius 1 is 1.35 bits per heavy atom. The Hall–Kier alpha value is -1.39. The highest BCUT2D eigenvalue weighted by Crippen LogP contribution is 2.34. The Morgan fingerprint density at radius 2 is 2.00 bits per heavy atom. The summed E-state index contributed by atoms with van der Waals surface area (Å²) >= 11 is 0.877. The van der Waals surface area contributed by atoms with Crippen LogP contribution in [-0.4, -0.2) is 25.2 Å². The topological polar surface area (TPSA) is 64.0 Å². The molecule has 0 spiro atoms. The van der Waals surface area contributed by atoms with Crippen molar-refractivity contribution < 1.29 is 21.6 Å². The zero-order chi connectivity index (χ0) is 15.1. The second kappa shape index (κ2) is 4.86. The van der Waals surface area contributed by atoms with E-state index in [1.54, 1.807) is 0 Å². The van der Waals surface area contributed by atoms with Crippen molar-refractivity contribution in [1.29, 1.82) is 0 Å². The van der Waals surface area contributed by atoms with Crippen LogP contribution >= 0.6 is 11.3 Å². The molecule has 0 saturated carbocycles. The van der Waals surface area contributed by atoms with Crippen LogP contribution in [0.3, 0.4) is 0 Å². The number of aryl methyl sites for hydroxylation is 1. The first-order valence-corrected chi connectivity index (χ1v) is 7.60. The van der Waals surface area contributed by atoms with Gasteiger partial charge in [-0.1, -0.05) is 0 Å². The van der Waals surface area contributed by atoms with Crippen LogP contribution in [0.5, 0.6) is 0 Å². The Balaban J connectivity index is 2.46. The van der Waals surface area contributed by atoms with Crippen molar-refractivity contribution in [2.24, 2.45) is 7.05 Å². The molecule has 10 heteroatoms. The maximum absolute atomic E-state index is 12.6. The van der Waals surface area contributed by atoms with Gasteiger partial charge in [-0.3, -0.25) is 4.68 Å². The van der Waals surface area contributed by atoms with Gasteiger partial charge in [0.25, 0.3) is 0 Å². The third-order valence-electron chi connectivity index (χ3n) is 2.54. The number of nitrogens with one attached hydrogen (secondary N) is 1. The van der Waals surface area contributed by atoms with E-state index < -0.39 is 21.9 Å². The van der Waals surface area contributed by atoms with Gasteiger partial charge in [0.1, 0.15) is 4.21 Å². The summed E-state index contributed by atoms with van der Waals surface area (Å²) in [5, 5.41) is 3.38. The van der Waals surface area contributed by atoms with Gasteiger partial charge in [-0.2, -0.15) is 18.3 Å². The monoisotopic (exact) mass is 325 g/mol. The molecule has 0 aliphatic rings. The normalized spacial score (nSPS) is 12.8. The molecule has 110 valence electrons. The quantitative estimate of drug-likeness (QED) is 0.940. The lowest BCUT2D eigenvalue weighted by Gasteiger charge is -1.99. The molecule has 0 aliphatic heterocycles. The van der Waals surface area contributed by atoms with Crippen LogP contribution in [0.2, 0.25) is 0 Å². The summed E-state index contributed by atoms with van der Waals surface area (Å²) in [5.74, 6) is 0.